The fourth-order valence-electron chi connectivity index (χ4n) is 2.97. The van der Waals surface area contributed by atoms with E-state index in [1.165, 1.54) is 0 Å². The Bertz CT molecular complexity index is 886. The van der Waals surface area contributed by atoms with Crippen molar-refractivity contribution in [2.75, 3.05) is 5.32 Å². The van der Waals surface area contributed by atoms with E-state index in [1.807, 2.05) is 67.7 Å². The Hall–Kier alpha value is -3.08. The zero-order valence-electron chi connectivity index (χ0n) is 14.8. The summed E-state index contributed by atoms with van der Waals surface area (Å²) in [4.78, 5) is 28.1. The van der Waals surface area contributed by atoms with E-state index < -0.39 is 6.04 Å². The summed E-state index contributed by atoms with van der Waals surface area (Å²) >= 11 is 0. The van der Waals surface area contributed by atoms with Crippen molar-refractivity contribution in [1.29, 1.82) is 0 Å². The van der Waals surface area contributed by atoms with Gasteiger partial charge in [0.05, 0.1) is 0 Å². The van der Waals surface area contributed by atoms with Crippen LogP contribution in [0.4, 0.5) is 5.69 Å². The topological polar surface area (TPSA) is 74.0 Å². The molecule has 5 heteroatoms. The number of rotatable bonds is 7. The van der Waals surface area contributed by atoms with Crippen LogP contribution in [0.2, 0.25) is 0 Å². The lowest BCUT2D eigenvalue weighted by atomic mass is 10.0. The predicted molar refractivity (Wildman–Crippen MR) is 104 cm³/mol. The lowest BCUT2D eigenvalue weighted by Crippen LogP contribution is -2.45. The molecule has 0 aliphatic heterocycles. The summed E-state index contributed by atoms with van der Waals surface area (Å²) in [5.74, 6) is -0.327. The molecular formula is C21H23N3O2. The molecule has 5 nitrogen and oxygen atoms in total. The second-order valence-electron chi connectivity index (χ2n) is 6.29. The SMILES string of the molecule is CCCC(=O)N[C@@H](Cc1c[nH]c2ccccc12)C(=O)Nc1ccccc1. The number of H-pyrrole nitrogens is 1. The molecule has 1 heterocycles. The number of aromatic amines is 1. The summed E-state index contributed by atoms with van der Waals surface area (Å²) in [6.45, 7) is 1.94. The van der Waals surface area contributed by atoms with Crippen LogP contribution < -0.4 is 10.6 Å². The van der Waals surface area contributed by atoms with E-state index in [0.717, 1.165) is 22.9 Å². The number of hydrogen-bond donors (Lipinski definition) is 3. The Labute approximate surface area is 152 Å². The quantitative estimate of drug-likeness (QED) is 0.609. The minimum Gasteiger partial charge on any atom is -0.361 e. The van der Waals surface area contributed by atoms with E-state index in [-0.39, 0.29) is 11.8 Å². The van der Waals surface area contributed by atoms with E-state index in [4.69, 9.17) is 0 Å². The van der Waals surface area contributed by atoms with Gasteiger partial charge in [-0.25, -0.2) is 0 Å². The fourth-order valence-corrected chi connectivity index (χ4v) is 2.97. The average Bonchev–Trinajstić information content (AvgIpc) is 3.05. The first kappa shape index (κ1) is 17.7. The summed E-state index contributed by atoms with van der Waals surface area (Å²) in [6.07, 6.45) is 3.48. The highest BCUT2D eigenvalue weighted by Crippen LogP contribution is 2.19. The molecule has 0 saturated heterocycles. The van der Waals surface area contributed by atoms with Gasteiger partial charge in [0, 0.05) is 35.6 Å². The number of aromatic nitrogens is 1. The maximum atomic E-state index is 12.8. The highest BCUT2D eigenvalue weighted by molar-refractivity contribution is 5.98. The van der Waals surface area contributed by atoms with Crippen LogP contribution in [0.15, 0.2) is 60.8 Å². The first-order valence-electron chi connectivity index (χ1n) is 8.87. The molecule has 2 amide bonds. The van der Waals surface area contributed by atoms with Crippen molar-refractivity contribution in [3.63, 3.8) is 0 Å². The summed E-state index contributed by atoms with van der Waals surface area (Å²) < 4.78 is 0. The number of amides is 2. The summed E-state index contributed by atoms with van der Waals surface area (Å²) in [5, 5.41) is 6.83. The third kappa shape index (κ3) is 4.30. The third-order valence-corrected chi connectivity index (χ3v) is 4.27. The lowest BCUT2D eigenvalue weighted by molar-refractivity contribution is -0.126. The number of carbonyl (C=O) groups excluding carboxylic acids is 2. The molecule has 0 aliphatic carbocycles. The van der Waals surface area contributed by atoms with Gasteiger partial charge in [0.2, 0.25) is 11.8 Å². The number of nitrogens with one attached hydrogen (secondary N) is 3. The molecule has 0 unspecified atom stereocenters. The normalized spacial score (nSPS) is 11.9. The highest BCUT2D eigenvalue weighted by Gasteiger charge is 2.22. The molecule has 134 valence electrons. The Morgan fingerprint density at radius 1 is 1.04 bits per heavy atom. The van der Waals surface area contributed by atoms with Crippen LogP contribution in [-0.2, 0) is 16.0 Å². The van der Waals surface area contributed by atoms with Crippen LogP contribution in [0.1, 0.15) is 25.3 Å². The van der Waals surface area contributed by atoms with Crippen molar-refractivity contribution in [1.82, 2.24) is 10.3 Å². The molecule has 3 aromatic rings. The first-order valence-corrected chi connectivity index (χ1v) is 8.87. The number of hydrogen-bond acceptors (Lipinski definition) is 2. The molecule has 2 aromatic carbocycles. The largest absolute Gasteiger partial charge is 0.361 e. The second-order valence-corrected chi connectivity index (χ2v) is 6.29. The van der Waals surface area contributed by atoms with Crippen LogP contribution in [0, 0.1) is 0 Å². The van der Waals surface area contributed by atoms with E-state index in [2.05, 4.69) is 15.6 Å². The monoisotopic (exact) mass is 349 g/mol. The average molecular weight is 349 g/mol. The van der Waals surface area contributed by atoms with Gasteiger partial charge in [0.1, 0.15) is 6.04 Å². The minimum atomic E-state index is -0.631. The van der Waals surface area contributed by atoms with Crippen molar-refractivity contribution >= 4 is 28.4 Å². The van der Waals surface area contributed by atoms with Gasteiger partial charge < -0.3 is 15.6 Å². The second kappa shape index (κ2) is 8.34. The summed E-state index contributed by atoms with van der Waals surface area (Å²) in [5.41, 5.74) is 2.74. The van der Waals surface area contributed by atoms with Crippen molar-refractivity contribution in [3.05, 3.63) is 66.4 Å². The van der Waals surface area contributed by atoms with Gasteiger partial charge in [0.25, 0.3) is 0 Å². The third-order valence-electron chi connectivity index (χ3n) is 4.27. The molecule has 0 aliphatic rings. The van der Waals surface area contributed by atoms with E-state index in [0.29, 0.717) is 18.5 Å². The Morgan fingerprint density at radius 3 is 2.54 bits per heavy atom. The molecule has 3 rings (SSSR count). The molecule has 0 radical (unpaired) electrons. The molecule has 0 fully saturated rings. The maximum Gasteiger partial charge on any atom is 0.247 e. The summed E-state index contributed by atoms with van der Waals surface area (Å²) in [6, 6.07) is 16.6. The number of fused-ring (bicyclic) bond motifs is 1. The molecule has 3 N–H and O–H groups in total. The number of carbonyl (C=O) groups is 2. The van der Waals surface area contributed by atoms with Gasteiger partial charge in [-0.1, -0.05) is 43.3 Å². The number of para-hydroxylation sites is 2. The van der Waals surface area contributed by atoms with Crippen LogP contribution in [0.3, 0.4) is 0 Å². The highest BCUT2D eigenvalue weighted by atomic mass is 16.2. The zero-order chi connectivity index (χ0) is 18.4. The standard InChI is InChI=1S/C21H23N3O2/c1-2-8-20(25)24-19(21(26)23-16-9-4-3-5-10-16)13-15-14-22-18-12-7-6-11-17(15)18/h3-7,9-12,14,19,22H,2,8,13H2,1H3,(H,23,26)(H,24,25)/t19-/m0/s1. The van der Waals surface area contributed by atoms with Gasteiger partial charge in [-0.05, 0) is 30.2 Å². The summed E-state index contributed by atoms with van der Waals surface area (Å²) in [7, 11) is 0. The van der Waals surface area contributed by atoms with Crippen LogP contribution in [0.5, 0.6) is 0 Å². The van der Waals surface area contributed by atoms with E-state index in [9.17, 15) is 9.59 Å². The molecule has 26 heavy (non-hydrogen) atoms. The molecular weight excluding hydrogens is 326 g/mol. The van der Waals surface area contributed by atoms with E-state index in [1.54, 1.807) is 0 Å². The van der Waals surface area contributed by atoms with Gasteiger partial charge in [-0.2, -0.15) is 0 Å². The van der Waals surface area contributed by atoms with Crippen LogP contribution >= 0.6 is 0 Å². The first-order chi connectivity index (χ1) is 12.7. The smallest absolute Gasteiger partial charge is 0.247 e. The zero-order valence-corrected chi connectivity index (χ0v) is 14.8. The molecule has 0 bridgehead atoms. The maximum absolute atomic E-state index is 12.8. The van der Waals surface area contributed by atoms with Crippen molar-refractivity contribution in [2.24, 2.45) is 0 Å². The van der Waals surface area contributed by atoms with E-state index >= 15 is 0 Å². The van der Waals surface area contributed by atoms with Gasteiger partial charge in [-0.15, -0.1) is 0 Å². The fraction of sp³-hybridized carbons (Fsp3) is 0.238. The van der Waals surface area contributed by atoms with Gasteiger partial charge in [0.15, 0.2) is 0 Å². The Kier molecular flexibility index (Phi) is 5.69. The Balaban J connectivity index is 1.80. The van der Waals surface area contributed by atoms with Crippen LogP contribution in [-0.4, -0.2) is 22.8 Å². The number of anilines is 1. The minimum absolute atomic E-state index is 0.111. The number of benzene rings is 2. The van der Waals surface area contributed by atoms with Crippen molar-refractivity contribution in [3.8, 4) is 0 Å². The molecule has 1 aromatic heterocycles. The molecule has 0 spiro atoms. The predicted octanol–water partition coefficient (Wildman–Crippen LogP) is 3.63. The molecule has 1 atom stereocenters. The lowest BCUT2D eigenvalue weighted by Gasteiger charge is -2.18. The molecule has 0 saturated carbocycles. The van der Waals surface area contributed by atoms with Crippen molar-refractivity contribution < 1.29 is 9.59 Å². The Morgan fingerprint density at radius 2 is 1.77 bits per heavy atom. The van der Waals surface area contributed by atoms with Crippen molar-refractivity contribution in [2.45, 2.75) is 32.2 Å². The van der Waals surface area contributed by atoms with Gasteiger partial charge in [-0.3, -0.25) is 9.59 Å². The van der Waals surface area contributed by atoms with Gasteiger partial charge >= 0.3 is 0 Å². The van der Waals surface area contributed by atoms with Crippen LogP contribution in [0.25, 0.3) is 10.9 Å².